The molecule has 4 rings (SSSR count). The lowest BCUT2D eigenvalue weighted by molar-refractivity contribution is 0.0128. The van der Waals surface area contributed by atoms with Crippen LogP contribution in [0.2, 0.25) is 0 Å². The molecule has 3 heterocycles. The first-order chi connectivity index (χ1) is 11.2. The SMILES string of the molecule is Cc1ccoc1C(=O)N1Cc2ccnn2CC(OCC2CC2)C1. The molecule has 0 radical (unpaired) electrons. The second-order valence-electron chi connectivity index (χ2n) is 6.52. The van der Waals surface area contributed by atoms with Crippen LogP contribution >= 0.6 is 0 Å². The predicted molar refractivity (Wildman–Crippen MR) is 82.9 cm³/mol. The average molecular weight is 315 g/mol. The maximum Gasteiger partial charge on any atom is 0.290 e. The summed E-state index contributed by atoms with van der Waals surface area (Å²) in [5, 5.41) is 4.36. The van der Waals surface area contributed by atoms with E-state index in [1.165, 1.54) is 12.8 Å². The van der Waals surface area contributed by atoms with Crippen LogP contribution in [0.3, 0.4) is 0 Å². The fourth-order valence-electron chi connectivity index (χ4n) is 2.97. The maximum atomic E-state index is 12.8. The molecule has 122 valence electrons. The molecule has 6 nitrogen and oxygen atoms in total. The van der Waals surface area contributed by atoms with Crippen molar-refractivity contribution in [3.05, 3.63) is 41.6 Å². The van der Waals surface area contributed by atoms with E-state index in [9.17, 15) is 4.79 Å². The molecule has 0 saturated heterocycles. The number of rotatable bonds is 4. The van der Waals surface area contributed by atoms with Gasteiger partial charge in [-0.25, -0.2) is 0 Å². The second kappa shape index (κ2) is 5.85. The standard InChI is InChI=1S/C17H21N3O3/c1-12-5-7-22-16(12)17(21)19-8-14-4-6-18-20(14)10-15(9-19)23-11-13-2-3-13/h4-7,13,15H,2-3,8-11H2,1H3. The van der Waals surface area contributed by atoms with E-state index >= 15 is 0 Å². The largest absolute Gasteiger partial charge is 0.459 e. The molecule has 23 heavy (non-hydrogen) atoms. The van der Waals surface area contributed by atoms with E-state index in [-0.39, 0.29) is 12.0 Å². The molecule has 1 aliphatic carbocycles. The number of nitrogens with zero attached hydrogens (tertiary/aromatic N) is 3. The van der Waals surface area contributed by atoms with Gasteiger partial charge >= 0.3 is 0 Å². The molecule has 6 heteroatoms. The Morgan fingerprint density at radius 3 is 3.00 bits per heavy atom. The van der Waals surface area contributed by atoms with Gasteiger partial charge in [0.2, 0.25) is 0 Å². The number of fused-ring (bicyclic) bond motifs is 1. The highest BCUT2D eigenvalue weighted by Crippen LogP contribution is 2.29. The zero-order chi connectivity index (χ0) is 15.8. The zero-order valence-electron chi connectivity index (χ0n) is 13.3. The third-order valence-electron chi connectivity index (χ3n) is 4.57. The number of carbonyl (C=O) groups is 1. The van der Waals surface area contributed by atoms with Crippen LogP contribution in [0.25, 0.3) is 0 Å². The molecular weight excluding hydrogens is 294 g/mol. The molecule has 2 aromatic rings. The lowest BCUT2D eigenvalue weighted by Crippen LogP contribution is -2.37. The third kappa shape index (κ3) is 3.03. The molecule has 1 unspecified atom stereocenters. The lowest BCUT2D eigenvalue weighted by Gasteiger charge is -2.23. The van der Waals surface area contributed by atoms with Crippen molar-refractivity contribution in [3.63, 3.8) is 0 Å². The Hall–Kier alpha value is -2.08. The monoisotopic (exact) mass is 315 g/mol. The van der Waals surface area contributed by atoms with E-state index in [2.05, 4.69) is 5.10 Å². The van der Waals surface area contributed by atoms with Crippen LogP contribution in [0.4, 0.5) is 0 Å². The molecule has 0 aromatic carbocycles. The molecule has 1 atom stereocenters. The van der Waals surface area contributed by atoms with E-state index in [1.54, 1.807) is 12.5 Å². The van der Waals surface area contributed by atoms with Crippen molar-refractivity contribution < 1.29 is 13.9 Å². The fourth-order valence-corrected chi connectivity index (χ4v) is 2.97. The van der Waals surface area contributed by atoms with Crippen molar-refractivity contribution in [2.24, 2.45) is 5.92 Å². The van der Waals surface area contributed by atoms with Crippen molar-refractivity contribution >= 4 is 5.91 Å². The van der Waals surface area contributed by atoms with E-state index in [4.69, 9.17) is 9.15 Å². The summed E-state index contributed by atoms with van der Waals surface area (Å²) in [4.78, 5) is 14.6. The van der Waals surface area contributed by atoms with Gasteiger partial charge in [0.05, 0.1) is 31.2 Å². The first-order valence-corrected chi connectivity index (χ1v) is 8.16. The van der Waals surface area contributed by atoms with Gasteiger partial charge in [-0.05, 0) is 37.8 Å². The van der Waals surface area contributed by atoms with Gasteiger partial charge in [0, 0.05) is 24.9 Å². The minimum Gasteiger partial charge on any atom is -0.459 e. The summed E-state index contributed by atoms with van der Waals surface area (Å²) in [5.74, 6) is 1.04. The molecule has 2 aliphatic rings. The first kappa shape index (κ1) is 14.5. The fraction of sp³-hybridized carbons (Fsp3) is 0.529. The Labute approximate surface area is 135 Å². The highest BCUT2D eigenvalue weighted by atomic mass is 16.5. The lowest BCUT2D eigenvalue weighted by atomic mass is 10.2. The Morgan fingerprint density at radius 2 is 2.26 bits per heavy atom. The smallest absolute Gasteiger partial charge is 0.290 e. The number of ether oxygens (including phenoxy) is 1. The zero-order valence-corrected chi connectivity index (χ0v) is 13.3. The second-order valence-corrected chi connectivity index (χ2v) is 6.52. The molecule has 1 amide bonds. The van der Waals surface area contributed by atoms with Gasteiger partial charge in [-0.15, -0.1) is 0 Å². The summed E-state index contributed by atoms with van der Waals surface area (Å²) < 4.78 is 13.4. The number of furan rings is 1. The van der Waals surface area contributed by atoms with Crippen LogP contribution in [-0.2, 0) is 17.8 Å². The number of aryl methyl sites for hydroxylation is 1. The van der Waals surface area contributed by atoms with Crippen molar-refractivity contribution in [3.8, 4) is 0 Å². The van der Waals surface area contributed by atoms with Gasteiger partial charge in [0.1, 0.15) is 0 Å². The minimum absolute atomic E-state index is 0.0315. The van der Waals surface area contributed by atoms with Crippen molar-refractivity contribution in [2.45, 2.75) is 39.0 Å². The molecular formula is C17H21N3O3. The van der Waals surface area contributed by atoms with Crippen molar-refractivity contribution in [1.82, 2.24) is 14.7 Å². The average Bonchev–Trinajstić information content (AvgIpc) is 3.18. The normalized spacial score (nSPS) is 21.1. The van der Waals surface area contributed by atoms with E-state index < -0.39 is 0 Å². The van der Waals surface area contributed by atoms with E-state index in [0.29, 0.717) is 31.3 Å². The Kier molecular flexibility index (Phi) is 3.69. The van der Waals surface area contributed by atoms with Gasteiger partial charge in [-0.1, -0.05) is 0 Å². The molecule has 1 aliphatic heterocycles. The van der Waals surface area contributed by atoms with E-state index in [0.717, 1.165) is 17.9 Å². The number of carbonyl (C=O) groups excluding carboxylic acids is 1. The summed E-state index contributed by atoms with van der Waals surface area (Å²) in [5.41, 5.74) is 1.89. The quantitative estimate of drug-likeness (QED) is 0.868. The number of hydrogen-bond donors (Lipinski definition) is 0. The molecule has 1 saturated carbocycles. The summed E-state index contributed by atoms with van der Waals surface area (Å²) in [6.07, 6.45) is 5.82. The van der Waals surface area contributed by atoms with Gasteiger partial charge in [-0.3, -0.25) is 9.48 Å². The van der Waals surface area contributed by atoms with Crippen molar-refractivity contribution in [2.75, 3.05) is 13.2 Å². The molecule has 0 bridgehead atoms. The number of amides is 1. The van der Waals surface area contributed by atoms with Crippen LogP contribution in [0.1, 0.15) is 34.7 Å². The first-order valence-electron chi connectivity index (χ1n) is 8.16. The Balaban J connectivity index is 1.55. The van der Waals surface area contributed by atoms with Gasteiger partial charge in [-0.2, -0.15) is 5.10 Å². The van der Waals surface area contributed by atoms with Crippen LogP contribution in [0, 0.1) is 12.8 Å². The van der Waals surface area contributed by atoms with Crippen LogP contribution < -0.4 is 0 Å². The van der Waals surface area contributed by atoms with Crippen LogP contribution in [0.5, 0.6) is 0 Å². The molecule has 0 spiro atoms. The topological polar surface area (TPSA) is 60.5 Å². The van der Waals surface area contributed by atoms with Crippen LogP contribution in [0.15, 0.2) is 29.0 Å². The van der Waals surface area contributed by atoms with Crippen LogP contribution in [-0.4, -0.2) is 39.8 Å². The third-order valence-corrected chi connectivity index (χ3v) is 4.57. The highest BCUT2D eigenvalue weighted by Gasteiger charge is 2.30. The van der Waals surface area contributed by atoms with Gasteiger partial charge in [0.25, 0.3) is 5.91 Å². The van der Waals surface area contributed by atoms with Gasteiger partial charge < -0.3 is 14.1 Å². The van der Waals surface area contributed by atoms with Gasteiger partial charge in [0.15, 0.2) is 5.76 Å². The molecule has 2 aromatic heterocycles. The number of aromatic nitrogens is 2. The molecule has 1 fully saturated rings. The van der Waals surface area contributed by atoms with Crippen molar-refractivity contribution in [1.29, 1.82) is 0 Å². The maximum absolute atomic E-state index is 12.8. The van der Waals surface area contributed by atoms with E-state index in [1.807, 2.05) is 28.6 Å². The molecule has 0 N–H and O–H groups in total. The summed E-state index contributed by atoms with van der Waals surface area (Å²) in [7, 11) is 0. The minimum atomic E-state index is -0.0813. The summed E-state index contributed by atoms with van der Waals surface area (Å²) in [6, 6.07) is 3.77. The Morgan fingerprint density at radius 1 is 1.39 bits per heavy atom. The predicted octanol–water partition coefficient (Wildman–Crippen LogP) is 2.24. The highest BCUT2D eigenvalue weighted by molar-refractivity contribution is 5.92. The summed E-state index contributed by atoms with van der Waals surface area (Å²) >= 11 is 0. The number of hydrogen-bond acceptors (Lipinski definition) is 4. The Bertz CT molecular complexity index is 702. The summed E-state index contributed by atoms with van der Waals surface area (Å²) in [6.45, 7) is 4.45.